The molecule has 0 bridgehead atoms. The van der Waals surface area contributed by atoms with Crippen molar-refractivity contribution in [1.82, 2.24) is 14.5 Å². The number of nitrogens with zero attached hydrogens (tertiary/aromatic N) is 3. The summed E-state index contributed by atoms with van der Waals surface area (Å²) >= 11 is 5.60. The zero-order valence-corrected chi connectivity index (χ0v) is 6.71. The van der Waals surface area contributed by atoms with Crippen LogP contribution >= 0.6 is 11.6 Å². The molecule has 56 valence electrons. The zero-order valence-electron chi connectivity index (χ0n) is 5.95. The zero-order chi connectivity index (χ0) is 7.84. The summed E-state index contributed by atoms with van der Waals surface area (Å²) < 4.78 is 1.95. The van der Waals surface area contributed by atoms with E-state index < -0.39 is 0 Å². The fourth-order valence-corrected chi connectivity index (χ4v) is 1.16. The lowest BCUT2D eigenvalue weighted by atomic mass is 10.5. The standard InChI is InChI=1S/C7H6ClN3/c1-11-3-2-5-6(11)4-9-7(8)10-5/h2-4H,1H3. The number of rotatable bonds is 0. The molecule has 2 heterocycles. The van der Waals surface area contributed by atoms with E-state index in [1.165, 1.54) is 0 Å². The van der Waals surface area contributed by atoms with Gasteiger partial charge in [-0.05, 0) is 17.7 Å². The van der Waals surface area contributed by atoms with Gasteiger partial charge in [0.15, 0.2) is 0 Å². The summed E-state index contributed by atoms with van der Waals surface area (Å²) in [7, 11) is 1.94. The largest absolute Gasteiger partial charge is 0.348 e. The van der Waals surface area contributed by atoms with Gasteiger partial charge in [0.25, 0.3) is 0 Å². The van der Waals surface area contributed by atoms with Gasteiger partial charge in [0, 0.05) is 13.2 Å². The molecular formula is C7H6ClN3. The maximum Gasteiger partial charge on any atom is 0.223 e. The smallest absolute Gasteiger partial charge is 0.223 e. The van der Waals surface area contributed by atoms with Crippen molar-refractivity contribution in [1.29, 1.82) is 0 Å². The van der Waals surface area contributed by atoms with Crippen molar-refractivity contribution in [2.75, 3.05) is 0 Å². The highest BCUT2D eigenvalue weighted by Gasteiger charge is 1.99. The van der Waals surface area contributed by atoms with Gasteiger partial charge in [-0.3, -0.25) is 0 Å². The van der Waals surface area contributed by atoms with Crippen LogP contribution in [0.3, 0.4) is 0 Å². The van der Waals surface area contributed by atoms with Crippen molar-refractivity contribution < 1.29 is 0 Å². The minimum atomic E-state index is 0.295. The average Bonchev–Trinajstić information content (AvgIpc) is 2.32. The van der Waals surface area contributed by atoms with Crippen molar-refractivity contribution in [3.63, 3.8) is 0 Å². The molecule has 11 heavy (non-hydrogen) atoms. The lowest BCUT2D eigenvalue weighted by molar-refractivity contribution is 0.962. The van der Waals surface area contributed by atoms with E-state index in [1.54, 1.807) is 6.20 Å². The quantitative estimate of drug-likeness (QED) is 0.559. The summed E-state index contributed by atoms with van der Waals surface area (Å²) in [4.78, 5) is 7.90. The van der Waals surface area contributed by atoms with Gasteiger partial charge in [0.05, 0.1) is 17.2 Å². The van der Waals surface area contributed by atoms with Crippen LogP contribution in [0.1, 0.15) is 0 Å². The monoisotopic (exact) mass is 167 g/mol. The van der Waals surface area contributed by atoms with Crippen molar-refractivity contribution >= 4 is 22.6 Å². The first-order valence-electron chi connectivity index (χ1n) is 3.21. The Morgan fingerprint density at radius 1 is 1.55 bits per heavy atom. The second-order valence-electron chi connectivity index (χ2n) is 2.34. The number of hydrogen-bond acceptors (Lipinski definition) is 2. The van der Waals surface area contributed by atoms with E-state index in [0.29, 0.717) is 5.28 Å². The summed E-state index contributed by atoms with van der Waals surface area (Å²) in [5.41, 5.74) is 1.88. The Morgan fingerprint density at radius 2 is 2.36 bits per heavy atom. The first-order chi connectivity index (χ1) is 5.27. The molecule has 0 saturated heterocycles. The topological polar surface area (TPSA) is 30.7 Å². The van der Waals surface area contributed by atoms with Crippen LogP contribution in [0.4, 0.5) is 0 Å². The molecule has 0 amide bonds. The molecule has 0 aliphatic rings. The molecular weight excluding hydrogens is 162 g/mol. The minimum Gasteiger partial charge on any atom is -0.348 e. The van der Waals surface area contributed by atoms with Crippen LogP contribution in [0, 0.1) is 0 Å². The second-order valence-corrected chi connectivity index (χ2v) is 2.67. The number of hydrogen-bond donors (Lipinski definition) is 0. The predicted molar refractivity (Wildman–Crippen MR) is 43.5 cm³/mol. The van der Waals surface area contributed by atoms with Crippen molar-refractivity contribution in [2.45, 2.75) is 0 Å². The molecule has 0 saturated carbocycles. The molecule has 2 aromatic rings. The van der Waals surface area contributed by atoms with Crippen LogP contribution < -0.4 is 0 Å². The molecule has 2 rings (SSSR count). The van der Waals surface area contributed by atoms with E-state index in [9.17, 15) is 0 Å². The summed E-state index contributed by atoms with van der Waals surface area (Å²) in [6.07, 6.45) is 3.64. The Morgan fingerprint density at radius 3 is 3.18 bits per heavy atom. The molecule has 0 aromatic carbocycles. The van der Waals surface area contributed by atoms with Crippen LogP contribution in [-0.4, -0.2) is 14.5 Å². The third kappa shape index (κ3) is 0.973. The van der Waals surface area contributed by atoms with E-state index in [-0.39, 0.29) is 0 Å². The Bertz CT molecular complexity index is 393. The highest BCUT2D eigenvalue weighted by Crippen LogP contribution is 2.12. The predicted octanol–water partition coefficient (Wildman–Crippen LogP) is 1.62. The van der Waals surface area contributed by atoms with Crippen molar-refractivity contribution in [2.24, 2.45) is 7.05 Å². The molecule has 0 atom stereocenters. The van der Waals surface area contributed by atoms with E-state index in [2.05, 4.69) is 9.97 Å². The number of fused-ring (bicyclic) bond motifs is 1. The van der Waals surface area contributed by atoms with Crippen molar-refractivity contribution in [3.05, 3.63) is 23.7 Å². The molecule has 4 heteroatoms. The first-order valence-corrected chi connectivity index (χ1v) is 3.59. The molecule has 0 aliphatic carbocycles. The Kier molecular flexibility index (Phi) is 1.32. The van der Waals surface area contributed by atoms with Crippen LogP contribution in [0.15, 0.2) is 18.5 Å². The maximum atomic E-state index is 5.60. The molecule has 0 N–H and O–H groups in total. The summed E-state index contributed by atoms with van der Waals surface area (Å²) in [6, 6.07) is 1.91. The van der Waals surface area contributed by atoms with Gasteiger partial charge in [0.2, 0.25) is 5.28 Å². The SMILES string of the molecule is Cn1ccc2nc(Cl)ncc21. The van der Waals surface area contributed by atoms with Gasteiger partial charge in [-0.1, -0.05) is 0 Å². The van der Waals surface area contributed by atoms with Gasteiger partial charge < -0.3 is 4.57 Å². The van der Waals surface area contributed by atoms with Gasteiger partial charge in [0.1, 0.15) is 0 Å². The maximum absolute atomic E-state index is 5.60. The first kappa shape index (κ1) is 6.61. The lowest BCUT2D eigenvalue weighted by Gasteiger charge is -1.93. The number of aromatic nitrogens is 3. The minimum absolute atomic E-state index is 0.295. The Hall–Kier alpha value is -1.09. The number of aryl methyl sites for hydroxylation is 1. The average molecular weight is 168 g/mol. The second kappa shape index (κ2) is 2.20. The third-order valence-electron chi connectivity index (χ3n) is 1.60. The van der Waals surface area contributed by atoms with Crippen LogP contribution in [0.25, 0.3) is 11.0 Å². The third-order valence-corrected chi connectivity index (χ3v) is 1.79. The fourth-order valence-electron chi connectivity index (χ4n) is 1.02. The molecule has 2 aromatic heterocycles. The molecule has 0 fully saturated rings. The fraction of sp³-hybridized carbons (Fsp3) is 0.143. The van der Waals surface area contributed by atoms with E-state index in [1.807, 2.05) is 23.9 Å². The summed E-state index contributed by atoms with van der Waals surface area (Å²) in [6.45, 7) is 0. The number of halogens is 1. The highest BCUT2D eigenvalue weighted by molar-refractivity contribution is 6.28. The molecule has 3 nitrogen and oxygen atoms in total. The van der Waals surface area contributed by atoms with Crippen molar-refractivity contribution in [3.8, 4) is 0 Å². The van der Waals surface area contributed by atoms with Gasteiger partial charge in [-0.25, -0.2) is 9.97 Å². The van der Waals surface area contributed by atoms with Crippen LogP contribution in [0.5, 0.6) is 0 Å². The van der Waals surface area contributed by atoms with Gasteiger partial charge >= 0.3 is 0 Å². The van der Waals surface area contributed by atoms with E-state index >= 15 is 0 Å². The van der Waals surface area contributed by atoms with Crippen LogP contribution in [-0.2, 0) is 7.05 Å². The van der Waals surface area contributed by atoms with Gasteiger partial charge in [-0.15, -0.1) is 0 Å². The molecule has 0 aliphatic heterocycles. The Labute approximate surface area is 68.6 Å². The molecule has 0 unspecified atom stereocenters. The highest BCUT2D eigenvalue weighted by atomic mass is 35.5. The van der Waals surface area contributed by atoms with Crippen LogP contribution in [0.2, 0.25) is 5.28 Å². The normalized spacial score (nSPS) is 10.7. The summed E-state index contributed by atoms with van der Waals surface area (Å²) in [5.74, 6) is 0. The summed E-state index contributed by atoms with van der Waals surface area (Å²) in [5, 5.41) is 0.295. The Balaban J connectivity index is 2.86. The van der Waals surface area contributed by atoms with Gasteiger partial charge in [-0.2, -0.15) is 0 Å². The van der Waals surface area contributed by atoms with E-state index in [0.717, 1.165) is 11.0 Å². The van der Waals surface area contributed by atoms with E-state index in [4.69, 9.17) is 11.6 Å². The lowest BCUT2D eigenvalue weighted by Crippen LogP contribution is -1.86. The molecule has 0 radical (unpaired) electrons. The molecule has 0 spiro atoms.